The van der Waals surface area contributed by atoms with Crippen molar-refractivity contribution in [3.05, 3.63) is 53.1 Å². The highest BCUT2D eigenvalue weighted by atomic mass is 32.2. The number of halogens is 3. The van der Waals surface area contributed by atoms with E-state index in [2.05, 4.69) is 10.2 Å². The van der Waals surface area contributed by atoms with Crippen molar-refractivity contribution in [2.45, 2.75) is 30.3 Å². The minimum Gasteiger partial charge on any atom is -0.367 e. The molecule has 1 saturated heterocycles. The van der Waals surface area contributed by atoms with Crippen molar-refractivity contribution in [3.8, 4) is 11.1 Å². The summed E-state index contributed by atoms with van der Waals surface area (Å²) < 4.78 is 40.7. The van der Waals surface area contributed by atoms with E-state index in [1.807, 2.05) is 23.9 Å². The number of hydrogen-bond donors (Lipinski definition) is 1. The van der Waals surface area contributed by atoms with Crippen molar-refractivity contribution in [2.75, 3.05) is 30.3 Å². The molecule has 2 aromatic rings. The average molecular weight is 390 g/mol. The lowest BCUT2D eigenvalue weighted by atomic mass is 9.87. The van der Waals surface area contributed by atoms with Crippen LogP contribution in [0.15, 0.2) is 36.4 Å². The molecule has 27 heavy (non-hydrogen) atoms. The van der Waals surface area contributed by atoms with E-state index in [1.165, 1.54) is 28.9 Å². The zero-order valence-corrected chi connectivity index (χ0v) is 15.7. The Hall–Kier alpha value is -1.66. The molecule has 0 aromatic heterocycles. The number of hydrogen-bond acceptors (Lipinski definition) is 3. The van der Waals surface area contributed by atoms with Crippen LogP contribution in [0.4, 0.5) is 18.9 Å². The van der Waals surface area contributed by atoms with Crippen LogP contribution in [-0.4, -0.2) is 31.4 Å². The lowest BCUT2D eigenvalue weighted by Gasteiger charge is -2.33. The number of rotatable bonds is 1. The van der Waals surface area contributed by atoms with Crippen molar-refractivity contribution < 1.29 is 13.2 Å². The number of alkyl halides is 3. The summed E-state index contributed by atoms with van der Waals surface area (Å²) in [7, 11) is 0. The van der Waals surface area contributed by atoms with Crippen molar-refractivity contribution in [2.24, 2.45) is 0 Å². The predicted octanol–water partition coefficient (Wildman–Crippen LogP) is 4.88. The van der Waals surface area contributed by atoms with Gasteiger partial charge in [0.05, 0.1) is 5.56 Å². The Kier molecular flexibility index (Phi) is 4.17. The highest BCUT2D eigenvalue weighted by Gasteiger charge is 2.42. The summed E-state index contributed by atoms with van der Waals surface area (Å²) in [6.07, 6.45) is -3.25. The summed E-state index contributed by atoms with van der Waals surface area (Å²) in [4.78, 5) is 2.54. The van der Waals surface area contributed by atoms with Crippen LogP contribution in [0, 0.1) is 0 Å². The van der Waals surface area contributed by atoms with Crippen LogP contribution < -0.4 is 10.2 Å². The maximum absolute atomic E-state index is 13.6. The standard InChI is InChI=1S/C21H21F3N2S/c22-21(23,24)18-4-2-1-3-15(18)13-9-14-12-27-8-7-26-19-5-6-25-11-17(19)16(10-13)20(14)26/h1-4,9-10,17,19,25H,5-8,11-12H2/t17?,19-/m0/s1. The molecular formula is C21H21F3N2S. The van der Waals surface area contributed by atoms with Crippen LogP contribution in [0.3, 0.4) is 0 Å². The molecule has 0 amide bonds. The number of anilines is 1. The molecule has 0 bridgehead atoms. The first kappa shape index (κ1) is 17.4. The van der Waals surface area contributed by atoms with Gasteiger partial charge >= 0.3 is 6.18 Å². The van der Waals surface area contributed by atoms with Crippen molar-refractivity contribution in [1.82, 2.24) is 5.32 Å². The summed E-state index contributed by atoms with van der Waals surface area (Å²) in [6.45, 7) is 2.95. The normalized spacial score (nSPS) is 24.3. The summed E-state index contributed by atoms with van der Waals surface area (Å²) >= 11 is 1.88. The molecule has 0 saturated carbocycles. The Morgan fingerprint density at radius 3 is 2.85 bits per heavy atom. The van der Waals surface area contributed by atoms with Gasteiger partial charge in [0.15, 0.2) is 0 Å². The Morgan fingerprint density at radius 2 is 2.00 bits per heavy atom. The molecule has 6 heteroatoms. The minimum atomic E-state index is -4.35. The topological polar surface area (TPSA) is 15.3 Å². The van der Waals surface area contributed by atoms with E-state index in [4.69, 9.17) is 0 Å². The lowest BCUT2D eigenvalue weighted by Crippen LogP contribution is -2.44. The molecule has 0 spiro atoms. The molecule has 142 valence electrons. The van der Waals surface area contributed by atoms with E-state index in [0.717, 1.165) is 37.6 Å². The predicted molar refractivity (Wildman–Crippen MR) is 104 cm³/mol. The summed E-state index contributed by atoms with van der Waals surface area (Å²) in [5.74, 6) is 2.31. The first-order valence-corrected chi connectivity index (χ1v) is 10.6. The van der Waals surface area contributed by atoms with Crippen LogP contribution in [0.25, 0.3) is 11.1 Å². The smallest absolute Gasteiger partial charge is 0.367 e. The first-order valence-electron chi connectivity index (χ1n) is 9.42. The van der Waals surface area contributed by atoms with Crippen molar-refractivity contribution >= 4 is 17.4 Å². The number of benzene rings is 2. The molecule has 3 aliphatic rings. The maximum Gasteiger partial charge on any atom is 0.417 e. The van der Waals surface area contributed by atoms with E-state index < -0.39 is 11.7 Å². The molecule has 1 unspecified atom stereocenters. The molecule has 5 rings (SSSR count). The number of fused-ring (bicyclic) bond motifs is 3. The number of thioether (sulfide) groups is 1. The van der Waals surface area contributed by atoms with Gasteiger partial charge in [-0.05, 0) is 53.4 Å². The Bertz CT molecular complexity index is 880. The van der Waals surface area contributed by atoms with Gasteiger partial charge in [-0.15, -0.1) is 0 Å². The summed E-state index contributed by atoms with van der Waals surface area (Å²) in [5.41, 5.74) is 4.16. The van der Waals surface area contributed by atoms with Crippen LogP contribution in [-0.2, 0) is 11.9 Å². The van der Waals surface area contributed by atoms with Crippen LogP contribution in [0.1, 0.15) is 29.0 Å². The SMILES string of the molecule is FC(F)(F)c1ccccc1-c1cc2c3c(c1)C1CNCC[C@@H]1N3CCSC2. The Balaban J connectivity index is 1.70. The third-order valence-corrected chi connectivity index (χ3v) is 7.01. The van der Waals surface area contributed by atoms with Gasteiger partial charge in [0.2, 0.25) is 0 Å². The van der Waals surface area contributed by atoms with Crippen LogP contribution in [0.5, 0.6) is 0 Å². The van der Waals surface area contributed by atoms with Gasteiger partial charge in [0.1, 0.15) is 0 Å². The van der Waals surface area contributed by atoms with Crippen molar-refractivity contribution in [1.29, 1.82) is 0 Å². The largest absolute Gasteiger partial charge is 0.417 e. The Labute approximate surface area is 161 Å². The van der Waals surface area contributed by atoms with Gasteiger partial charge in [-0.25, -0.2) is 0 Å². The number of nitrogens with zero attached hydrogens (tertiary/aromatic N) is 1. The fraction of sp³-hybridized carbons (Fsp3) is 0.429. The lowest BCUT2D eigenvalue weighted by molar-refractivity contribution is -0.137. The molecule has 2 aromatic carbocycles. The van der Waals surface area contributed by atoms with Crippen LogP contribution in [0.2, 0.25) is 0 Å². The fourth-order valence-electron chi connectivity index (χ4n) is 4.92. The second-order valence-corrected chi connectivity index (χ2v) is 8.63. The van der Waals surface area contributed by atoms with Gasteiger partial charge in [-0.2, -0.15) is 24.9 Å². The second-order valence-electron chi connectivity index (χ2n) is 7.53. The van der Waals surface area contributed by atoms with Gasteiger partial charge < -0.3 is 10.2 Å². The molecule has 2 atom stereocenters. The molecule has 3 aliphatic heterocycles. The summed E-state index contributed by atoms with van der Waals surface area (Å²) in [6, 6.07) is 10.5. The average Bonchev–Trinajstić information content (AvgIpc) is 2.83. The zero-order chi connectivity index (χ0) is 18.6. The highest BCUT2D eigenvalue weighted by Crippen LogP contribution is 2.49. The van der Waals surface area contributed by atoms with Gasteiger partial charge in [0.25, 0.3) is 0 Å². The molecule has 2 nitrogen and oxygen atoms in total. The van der Waals surface area contributed by atoms with Crippen LogP contribution >= 0.6 is 11.8 Å². The third kappa shape index (κ3) is 2.85. The molecular weight excluding hydrogens is 369 g/mol. The van der Waals surface area contributed by atoms with E-state index in [1.54, 1.807) is 12.1 Å². The van der Waals surface area contributed by atoms with Gasteiger partial charge in [0, 0.05) is 42.2 Å². The van der Waals surface area contributed by atoms with Gasteiger partial charge in [-0.1, -0.05) is 18.2 Å². The zero-order valence-electron chi connectivity index (χ0n) is 14.9. The Morgan fingerprint density at radius 1 is 1.15 bits per heavy atom. The molecule has 0 aliphatic carbocycles. The number of nitrogens with one attached hydrogen (secondary N) is 1. The molecule has 3 heterocycles. The monoisotopic (exact) mass is 390 g/mol. The van der Waals surface area contributed by atoms with E-state index >= 15 is 0 Å². The van der Waals surface area contributed by atoms with E-state index in [-0.39, 0.29) is 5.56 Å². The first-order chi connectivity index (χ1) is 13.0. The third-order valence-electron chi connectivity index (χ3n) is 6.03. The number of piperidine rings is 1. The second kappa shape index (κ2) is 6.45. The van der Waals surface area contributed by atoms with E-state index in [0.29, 0.717) is 17.5 Å². The van der Waals surface area contributed by atoms with Crippen molar-refractivity contribution in [3.63, 3.8) is 0 Å². The molecule has 1 N–H and O–H groups in total. The molecule has 1 fully saturated rings. The van der Waals surface area contributed by atoms with E-state index in [9.17, 15) is 13.2 Å². The quantitative estimate of drug-likeness (QED) is 0.747. The fourth-order valence-corrected chi connectivity index (χ4v) is 5.83. The maximum atomic E-state index is 13.6. The summed E-state index contributed by atoms with van der Waals surface area (Å²) in [5, 5.41) is 3.48. The van der Waals surface area contributed by atoms with Gasteiger partial charge in [-0.3, -0.25) is 0 Å². The minimum absolute atomic E-state index is 0.289. The molecule has 0 radical (unpaired) electrons. The highest BCUT2D eigenvalue weighted by molar-refractivity contribution is 7.98.